The molecule has 11 heteroatoms. The zero-order valence-electron chi connectivity index (χ0n) is 18.6. The van der Waals surface area contributed by atoms with E-state index in [9.17, 15) is 9.90 Å². The second-order valence-electron chi connectivity index (χ2n) is 7.21. The zero-order valence-corrected chi connectivity index (χ0v) is 22.5. The van der Waals surface area contributed by atoms with Gasteiger partial charge in [0.25, 0.3) is 5.22 Å². The summed E-state index contributed by atoms with van der Waals surface area (Å²) < 4.78 is 17.6. The Morgan fingerprint density at radius 3 is 2.58 bits per heavy atom. The summed E-state index contributed by atoms with van der Waals surface area (Å²) in [5.74, 6) is -0.0208. The summed E-state index contributed by atoms with van der Waals surface area (Å²) in [6.07, 6.45) is 1.48. The second kappa shape index (κ2) is 11.8. The van der Waals surface area contributed by atoms with Gasteiger partial charge in [-0.3, -0.25) is 0 Å². The number of rotatable bonds is 9. The van der Waals surface area contributed by atoms with Crippen LogP contribution in [0.5, 0.6) is 11.5 Å². The molecule has 0 radical (unpaired) electrons. The molecule has 0 fully saturated rings. The molecule has 0 atom stereocenters. The molecule has 1 N–H and O–H groups in total. The second-order valence-corrected chi connectivity index (χ2v) is 9.90. The van der Waals surface area contributed by atoms with Crippen molar-refractivity contribution in [3.63, 3.8) is 0 Å². The number of methoxy groups -OCH3 is 1. The average molecular weight is 608 g/mol. The highest BCUT2D eigenvalue weighted by Crippen LogP contribution is 2.39. The average Bonchev–Trinajstić information content (AvgIpc) is 3.32. The van der Waals surface area contributed by atoms with Crippen molar-refractivity contribution in [1.29, 1.82) is 0 Å². The molecule has 7 nitrogen and oxygen atoms in total. The number of benzene rings is 3. The summed E-state index contributed by atoms with van der Waals surface area (Å²) in [7, 11) is 1.50. The molecule has 4 aromatic rings. The molecule has 0 aliphatic carbocycles. The van der Waals surface area contributed by atoms with Crippen LogP contribution in [0.25, 0.3) is 17.5 Å². The standard InChI is InChI=1S/C25H17BrCl2N2O5S/c1-33-20-11-14(10-18(26)22(20)34-13-16-4-2-3-5-19(16)28)12-21(24(31)32)36-25-30-29-23(35-25)15-6-8-17(27)9-7-15/h2-12H,13H2,1H3,(H,31,32)/b21-12-. The highest BCUT2D eigenvalue weighted by atomic mass is 79.9. The van der Waals surface area contributed by atoms with E-state index in [2.05, 4.69) is 26.1 Å². The summed E-state index contributed by atoms with van der Waals surface area (Å²) >= 11 is 16.4. The van der Waals surface area contributed by atoms with Crippen LogP contribution in [0, 0.1) is 0 Å². The van der Waals surface area contributed by atoms with Crippen molar-refractivity contribution in [2.75, 3.05) is 7.11 Å². The first-order valence-corrected chi connectivity index (χ1v) is 12.7. The lowest BCUT2D eigenvalue weighted by molar-refractivity contribution is -0.131. The molecule has 36 heavy (non-hydrogen) atoms. The minimum Gasteiger partial charge on any atom is -0.493 e. The Balaban J connectivity index is 1.56. The minimum atomic E-state index is -1.15. The Kier molecular flexibility index (Phi) is 8.58. The van der Waals surface area contributed by atoms with Crippen LogP contribution in [-0.2, 0) is 11.4 Å². The van der Waals surface area contributed by atoms with E-state index < -0.39 is 5.97 Å². The number of thioether (sulfide) groups is 1. The number of aromatic nitrogens is 2. The molecule has 0 saturated carbocycles. The number of carboxylic acid groups (broad SMARTS) is 1. The predicted molar refractivity (Wildman–Crippen MR) is 143 cm³/mol. The maximum atomic E-state index is 11.9. The van der Waals surface area contributed by atoms with Gasteiger partial charge in [0.2, 0.25) is 5.89 Å². The van der Waals surface area contributed by atoms with Crippen LogP contribution in [0.4, 0.5) is 0 Å². The molecule has 184 valence electrons. The van der Waals surface area contributed by atoms with Crippen LogP contribution in [-0.4, -0.2) is 28.4 Å². The van der Waals surface area contributed by atoms with Gasteiger partial charge in [0, 0.05) is 21.2 Å². The number of aliphatic carboxylic acids is 1. The van der Waals surface area contributed by atoms with E-state index in [0.717, 1.165) is 17.3 Å². The smallest absolute Gasteiger partial charge is 0.342 e. The van der Waals surface area contributed by atoms with Crippen LogP contribution < -0.4 is 9.47 Å². The SMILES string of the molecule is COc1cc(/C=C(\Sc2nnc(-c3ccc(Cl)cc3)o2)C(=O)O)cc(Br)c1OCc1ccccc1Cl. The third-order valence-electron chi connectivity index (χ3n) is 4.79. The van der Waals surface area contributed by atoms with Crippen molar-refractivity contribution in [2.24, 2.45) is 0 Å². The number of nitrogens with zero attached hydrogens (tertiary/aromatic N) is 2. The largest absolute Gasteiger partial charge is 0.493 e. The fraction of sp³-hybridized carbons (Fsp3) is 0.0800. The minimum absolute atomic E-state index is 0.0278. The molecule has 0 amide bonds. The molecule has 0 spiro atoms. The van der Waals surface area contributed by atoms with Crippen molar-refractivity contribution in [2.45, 2.75) is 11.8 Å². The van der Waals surface area contributed by atoms with Crippen LogP contribution in [0.2, 0.25) is 10.0 Å². The van der Waals surface area contributed by atoms with Crippen LogP contribution in [0.3, 0.4) is 0 Å². The van der Waals surface area contributed by atoms with Gasteiger partial charge in [-0.25, -0.2) is 4.79 Å². The van der Waals surface area contributed by atoms with E-state index in [1.165, 1.54) is 13.2 Å². The maximum absolute atomic E-state index is 11.9. The molecular formula is C25H17BrCl2N2O5S. The molecular weight excluding hydrogens is 591 g/mol. The van der Waals surface area contributed by atoms with Gasteiger partial charge < -0.3 is 19.0 Å². The van der Waals surface area contributed by atoms with Gasteiger partial charge in [-0.1, -0.05) is 41.4 Å². The normalized spacial score (nSPS) is 11.4. The number of carbonyl (C=O) groups is 1. The summed E-state index contributed by atoms with van der Waals surface area (Å²) in [6.45, 7) is 0.229. The molecule has 0 bridgehead atoms. The van der Waals surface area contributed by atoms with Gasteiger partial charge in [0.15, 0.2) is 11.5 Å². The third-order valence-corrected chi connectivity index (χ3v) is 6.85. The van der Waals surface area contributed by atoms with E-state index >= 15 is 0 Å². The van der Waals surface area contributed by atoms with Crippen molar-refractivity contribution in [1.82, 2.24) is 10.2 Å². The van der Waals surface area contributed by atoms with Crippen molar-refractivity contribution < 1.29 is 23.8 Å². The number of carboxylic acids is 1. The lowest BCUT2D eigenvalue weighted by Crippen LogP contribution is -2.00. The zero-order chi connectivity index (χ0) is 25.7. The summed E-state index contributed by atoms with van der Waals surface area (Å²) in [5.41, 5.74) is 2.05. The number of ether oxygens (including phenoxy) is 2. The van der Waals surface area contributed by atoms with E-state index in [-0.39, 0.29) is 22.6 Å². The molecule has 0 unspecified atom stereocenters. The fourth-order valence-corrected chi connectivity index (χ4v) is 4.63. The van der Waals surface area contributed by atoms with Gasteiger partial charge in [-0.05, 0) is 81.8 Å². The Labute approximate surface area is 229 Å². The molecule has 1 aromatic heterocycles. The van der Waals surface area contributed by atoms with Gasteiger partial charge in [0.1, 0.15) is 11.5 Å². The van der Waals surface area contributed by atoms with Crippen LogP contribution in [0.1, 0.15) is 11.1 Å². The predicted octanol–water partition coefficient (Wildman–Crippen LogP) is 7.61. The fourth-order valence-electron chi connectivity index (χ4n) is 3.07. The van der Waals surface area contributed by atoms with Gasteiger partial charge in [-0.15, -0.1) is 10.2 Å². The van der Waals surface area contributed by atoms with Crippen LogP contribution >= 0.6 is 50.9 Å². The molecule has 0 aliphatic heterocycles. The van der Waals surface area contributed by atoms with Gasteiger partial charge in [-0.2, -0.15) is 0 Å². The summed E-state index contributed by atoms with van der Waals surface area (Å²) in [6, 6.07) is 17.6. The van der Waals surface area contributed by atoms with E-state index in [4.69, 9.17) is 37.1 Å². The highest BCUT2D eigenvalue weighted by molar-refractivity contribution is 9.10. The first-order chi connectivity index (χ1) is 17.3. The monoisotopic (exact) mass is 606 g/mol. The topological polar surface area (TPSA) is 94.7 Å². The van der Waals surface area contributed by atoms with Crippen molar-refractivity contribution in [3.05, 3.63) is 91.2 Å². The Morgan fingerprint density at radius 2 is 1.89 bits per heavy atom. The lowest BCUT2D eigenvalue weighted by atomic mass is 10.2. The van der Waals surface area contributed by atoms with Crippen molar-refractivity contribution >= 4 is 62.9 Å². The first-order valence-electron chi connectivity index (χ1n) is 10.3. The van der Waals surface area contributed by atoms with E-state index in [0.29, 0.717) is 37.1 Å². The molecule has 4 rings (SSSR count). The Bertz CT molecular complexity index is 1430. The number of hydrogen-bond acceptors (Lipinski definition) is 7. The van der Waals surface area contributed by atoms with Gasteiger partial charge >= 0.3 is 5.97 Å². The van der Waals surface area contributed by atoms with Crippen molar-refractivity contribution in [3.8, 4) is 23.0 Å². The first kappa shape index (κ1) is 26.1. The Morgan fingerprint density at radius 1 is 1.14 bits per heavy atom. The highest BCUT2D eigenvalue weighted by Gasteiger charge is 2.18. The summed E-state index contributed by atoms with van der Waals surface area (Å²) in [4.78, 5) is 11.9. The number of halogens is 3. The maximum Gasteiger partial charge on any atom is 0.342 e. The summed E-state index contributed by atoms with van der Waals surface area (Å²) in [5, 5.41) is 18.9. The molecule has 1 heterocycles. The quantitative estimate of drug-likeness (QED) is 0.153. The molecule has 3 aromatic carbocycles. The third kappa shape index (κ3) is 6.41. The lowest BCUT2D eigenvalue weighted by Gasteiger charge is -2.14. The van der Waals surface area contributed by atoms with Crippen LogP contribution in [0.15, 0.2) is 79.7 Å². The molecule has 0 aliphatic rings. The van der Waals surface area contributed by atoms with Gasteiger partial charge in [0.05, 0.1) is 11.6 Å². The molecule has 0 saturated heterocycles. The Hall–Kier alpha value is -2.98. The number of hydrogen-bond donors (Lipinski definition) is 1. The van der Waals surface area contributed by atoms with E-state index in [1.807, 2.05) is 18.2 Å². The van der Waals surface area contributed by atoms with E-state index in [1.54, 1.807) is 42.5 Å².